The van der Waals surface area contributed by atoms with Gasteiger partial charge in [0.05, 0.1) is 11.8 Å². The van der Waals surface area contributed by atoms with Gasteiger partial charge in [0.1, 0.15) is 11.5 Å². The molecule has 1 aliphatic carbocycles. The molecule has 2 heterocycles. The zero-order valence-corrected chi connectivity index (χ0v) is 11.4. The van der Waals surface area contributed by atoms with Gasteiger partial charge in [-0.1, -0.05) is 17.3 Å². The van der Waals surface area contributed by atoms with E-state index in [1.807, 2.05) is 12.2 Å². The minimum Gasteiger partial charge on any atom is -0.481 e. The quantitative estimate of drug-likeness (QED) is 0.860. The second kappa shape index (κ2) is 5.43. The summed E-state index contributed by atoms with van der Waals surface area (Å²) in [6.07, 6.45) is 6.51. The van der Waals surface area contributed by atoms with E-state index in [-0.39, 0.29) is 5.92 Å². The fourth-order valence-electron chi connectivity index (χ4n) is 2.43. The fraction of sp³-hybridized carbons (Fsp3) is 0.357. The number of hydrogen-bond acceptors (Lipinski definition) is 6. The first-order valence-electron chi connectivity index (χ1n) is 6.66. The number of carboxylic acid groups (broad SMARTS) is 1. The fourth-order valence-corrected chi connectivity index (χ4v) is 2.43. The van der Waals surface area contributed by atoms with Crippen molar-refractivity contribution >= 4 is 5.97 Å². The predicted octanol–water partition coefficient (Wildman–Crippen LogP) is 1.97. The van der Waals surface area contributed by atoms with Crippen LogP contribution in [0.1, 0.15) is 30.5 Å². The normalized spacial score (nSPS) is 21.4. The van der Waals surface area contributed by atoms with Gasteiger partial charge in [-0.3, -0.25) is 4.79 Å². The Kier molecular flexibility index (Phi) is 3.47. The number of carbonyl (C=O) groups is 1. The molecule has 1 N–H and O–H groups in total. The second-order valence-corrected chi connectivity index (χ2v) is 4.94. The molecule has 0 aliphatic heterocycles. The first-order chi connectivity index (χ1) is 10.1. The summed E-state index contributed by atoms with van der Waals surface area (Å²) < 4.78 is 5.26. The van der Waals surface area contributed by atoms with E-state index in [1.54, 1.807) is 19.2 Å². The van der Waals surface area contributed by atoms with Crippen LogP contribution in [0.4, 0.5) is 0 Å². The smallest absolute Gasteiger partial charge is 0.307 e. The molecule has 108 valence electrons. The van der Waals surface area contributed by atoms with Crippen LogP contribution in [0.3, 0.4) is 0 Å². The lowest BCUT2D eigenvalue weighted by Gasteiger charge is -2.21. The summed E-state index contributed by atoms with van der Waals surface area (Å²) in [5, 5.41) is 13.2. The van der Waals surface area contributed by atoms with Crippen molar-refractivity contribution in [2.75, 3.05) is 0 Å². The van der Waals surface area contributed by atoms with E-state index in [1.165, 1.54) is 0 Å². The van der Waals surface area contributed by atoms with Gasteiger partial charge >= 0.3 is 5.97 Å². The standard InChI is InChI=1S/C14H14N4O3/c1-8-15-7-6-11(16-8)12-17-13(21-18-12)9-4-2-3-5-10(9)14(19)20/h2-3,6-7,9-10H,4-5H2,1H3,(H,19,20)/t9-,10+/m1/s1. The second-order valence-electron chi connectivity index (χ2n) is 4.94. The maximum Gasteiger partial charge on any atom is 0.307 e. The summed E-state index contributed by atoms with van der Waals surface area (Å²) in [5.41, 5.74) is 0.565. The molecule has 0 spiro atoms. The Labute approximate surface area is 120 Å². The van der Waals surface area contributed by atoms with Crippen LogP contribution in [-0.4, -0.2) is 31.2 Å². The monoisotopic (exact) mass is 286 g/mol. The summed E-state index contributed by atoms with van der Waals surface area (Å²) in [7, 11) is 0. The largest absolute Gasteiger partial charge is 0.481 e. The molecule has 0 saturated heterocycles. The number of carboxylic acids is 1. The maximum atomic E-state index is 11.3. The first-order valence-corrected chi connectivity index (χ1v) is 6.66. The highest BCUT2D eigenvalue weighted by atomic mass is 16.5. The van der Waals surface area contributed by atoms with Gasteiger partial charge < -0.3 is 9.63 Å². The van der Waals surface area contributed by atoms with Crippen molar-refractivity contribution in [3.05, 3.63) is 36.1 Å². The number of rotatable bonds is 3. The molecular formula is C14H14N4O3. The highest BCUT2D eigenvalue weighted by Gasteiger charge is 2.34. The lowest BCUT2D eigenvalue weighted by Crippen LogP contribution is -2.23. The Morgan fingerprint density at radius 3 is 2.90 bits per heavy atom. The zero-order chi connectivity index (χ0) is 14.8. The number of hydrogen-bond donors (Lipinski definition) is 1. The van der Waals surface area contributed by atoms with E-state index in [4.69, 9.17) is 4.52 Å². The molecule has 7 heteroatoms. The van der Waals surface area contributed by atoms with Crippen LogP contribution in [-0.2, 0) is 4.79 Å². The van der Waals surface area contributed by atoms with Crippen molar-refractivity contribution in [2.24, 2.45) is 5.92 Å². The third-order valence-corrected chi connectivity index (χ3v) is 3.51. The molecule has 21 heavy (non-hydrogen) atoms. The molecule has 0 aromatic carbocycles. The first kappa shape index (κ1) is 13.4. The molecule has 7 nitrogen and oxygen atoms in total. The molecular weight excluding hydrogens is 272 g/mol. The van der Waals surface area contributed by atoms with Gasteiger partial charge in [-0.25, -0.2) is 9.97 Å². The zero-order valence-electron chi connectivity index (χ0n) is 11.4. The molecule has 0 radical (unpaired) electrons. The Balaban J connectivity index is 1.91. The van der Waals surface area contributed by atoms with Crippen LogP contribution >= 0.6 is 0 Å². The van der Waals surface area contributed by atoms with Crippen molar-refractivity contribution in [3.63, 3.8) is 0 Å². The molecule has 0 amide bonds. The highest BCUT2D eigenvalue weighted by molar-refractivity contribution is 5.71. The summed E-state index contributed by atoms with van der Waals surface area (Å²) in [6.45, 7) is 1.77. The van der Waals surface area contributed by atoms with E-state index in [9.17, 15) is 9.90 Å². The minimum absolute atomic E-state index is 0.295. The Morgan fingerprint density at radius 1 is 1.33 bits per heavy atom. The number of aryl methyl sites for hydroxylation is 1. The Morgan fingerprint density at radius 2 is 2.14 bits per heavy atom. The number of aromatic nitrogens is 4. The van der Waals surface area contributed by atoms with Gasteiger partial charge in [-0.2, -0.15) is 4.98 Å². The molecule has 0 saturated carbocycles. The molecule has 2 aromatic rings. The van der Waals surface area contributed by atoms with Crippen LogP contribution in [0, 0.1) is 12.8 Å². The van der Waals surface area contributed by atoms with Crippen molar-refractivity contribution in [3.8, 4) is 11.5 Å². The lowest BCUT2D eigenvalue weighted by atomic mass is 9.83. The molecule has 2 atom stereocenters. The van der Waals surface area contributed by atoms with Crippen LogP contribution in [0.2, 0.25) is 0 Å². The predicted molar refractivity (Wildman–Crippen MR) is 72.3 cm³/mol. The Hall–Kier alpha value is -2.57. The number of nitrogens with zero attached hydrogens (tertiary/aromatic N) is 4. The summed E-state index contributed by atoms with van der Waals surface area (Å²) in [6, 6.07) is 1.69. The average Bonchev–Trinajstić information content (AvgIpc) is 2.97. The summed E-state index contributed by atoms with van der Waals surface area (Å²) in [4.78, 5) is 23.9. The lowest BCUT2D eigenvalue weighted by molar-refractivity contribution is -0.142. The average molecular weight is 286 g/mol. The van der Waals surface area contributed by atoms with Gasteiger partial charge in [0.15, 0.2) is 0 Å². The van der Waals surface area contributed by atoms with Gasteiger partial charge in [0.2, 0.25) is 11.7 Å². The van der Waals surface area contributed by atoms with Crippen LogP contribution in [0.25, 0.3) is 11.5 Å². The molecule has 1 aliphatic rings. The van der Waals surface area contributed by atoms with E-state index in [0.717, 1.165) is 0 Å². The SMILES string of the molecule is Cc1nccc(-c2noc([C@@H]3CC=CC[C@@H]3C(=O)O)n2)n1. The number of aliphatic carboxylic acids is 1. The molecule has 0 unspecified atom stereocenters. The van der Waals surface area contributed by atoms with E-state index < -0.39 is 11.9 Å². The topological polar surface area (TPSA) is 102 Å². The highest BCUT2D eigenvalue weighted by Crippen LogP contribution is 2.34. The van der Waals surface area contributed by atoms with Gasteiger partial charge in [-0.05, 0) is 25.8 Å². The third-order valence-electron chi connectivity index (χ3n) is 3.51. The molecule has 0 fully saturated rings. The van der Waals surface area contributed by atoms with E-state index in [2.05, 4.69) is 20.1 Å². The molecule has 2 aromatic heterocycles. The van der Waals surface area contributed by atoms with Crippen LogP contribution in [0.15, 0.2) is 28.9 Å². The Bertz CT molecular complexity index is 695. The van der Waals surface area contributed by atoms with Crippen molar-refractivity contribution in [1.29, 1.82) is 0 Å². The van der Waals surface area contributed by atoms with Crippen LogP contribution < -0.4 is 0 Å². The van der Waals surface area contributed by atoms with Crippen molar-refractivity contribution in [1.82, 2.24) is 20.1 Å². The van der Waals surface area contributed by atoms with Crippen molar-refractivity contribution in [2.45, 2.75) is 25.7 Å². The number of allylic oxidation sites excluding steroid dienone is 2. The molecule has 0 bridgehead atoms. The minimum atomic E-state index is -0.845. The van der Waals surface area contributed by atoms with Gasteiger partial charge in [0, 0.05) is 6.20 Å². The van der Waals surface area contributed by atoms with Crippen molar-refractivity contribution < 1.29 is 14.4 Å². The van der Waals surface area contributed by atoms with Gasteiger partial charge in [-0.15, -0.1) is 0 Å². The summed E-state index contributed by atoms with van der Waals surface area (Å²) >= 11 is 0. The molecule has 3 rings (SSSR count). The van der Waals surface area contributed by atoms with Crippen LogP contribution in [0.5, 0.6) is 0 Å². The summed E-state index contributed by atoms with van der Waals surface area (Å²) in [5.74, 6) is -0.357. The maximum absolute atomic E-state index is 11.3. The van der Waals surface area contributed by atoms with E-state index >= 15 is 0 Å². The van der Waals surface area contributed by atoms with Gasteiger partial charge in [0.25, 0.3) is 0 Å². The third kappa shape index (κ3) is 2.67. The van der Waals surface area contributed by atoms with E-state index in [0.29, 0.717) is 36.1 Å².